The highest BCUT2D eigenvalue weighted by atomic mass is 32.2. The molecule has 1 heterocycles. The fourth-order valence-electron chi connectivity index (χ4n) is 1.92. The van der Waals surface area contributed by atoms with Crippen molar-refractivity contribution in [2.24, 2.45) is 0 Å². The molecular weight excluding hydrogens is 300 g/mol. The maximum atomic E-state index is 4.26. The van der Waals surface area contributed by atoms with Gasteiger partial charge in [0.15, 0.2) is 4.34 Å². The first kappa shape index (κ1) is 16.3. The van der Waals surface area contributed by atoms with Crippen LogP contribution in [-0.2, 0) is 0 Å². The van der Waals surface area contributed by atoms with Crippen LogP contribution in [0.3, 0.4) is 0 Å². The van der Waals surface area contributed by atoms with Gasteiger partial charge in [0.25, 0.3) is 0 Å². The van der Waals surface area contributed by atoms with Gasteiger partial charge in [0.05, 0.1) is 0 Å². The van der Waals surface area contributed by atoms with Crippen LogP contribution in [0.5, 0.6) is 0 Å². The van der Waals surface area contributed by atoms with E-state index in [0.717, 1.165) is 22.4 Å². The van der Waals surface area contributed by atoms with Gasteiger partial charge in [-0.2, -0.15) is 0 Å². The molecule has 4 nitrogen and oxygen atoms in total. The summed E-state index contributed by atoms with van der Waals surface area (Å²) in [6.07, 6.45) is 1.14. The van der Waals surface area contributed by atoms with Gasteiger partial charge in [-0.25, -0.2) is 0 Å². The molecule has 21 heavy (non-hydrogen) atoms. The Bertz CT molecular complexity index is 568. The first-order valence-electron chi connectivity index (χ1n) is 7.12. The Labute approximate surface area is 135 Å². The van der Waals surface area contributed by atoms with Gasteiger partial charge in [-0.1, -0.05) is 48.2 Å². The molecule has 114 valence electrons. The molecule has 0 saturated heterocycles. The van der Waals surface area contributed by atoms with Crippen LogP contribution in [0.4, 0.5) is 5.13 Å². The Balaban J connectivity index is 2.15. The van der Waals surface area contributed by atoms with E-state index in [0.29, 0.717) is 6.04 Å². The Kier molecular flexibility index (Phi) is 6.02. The van der Waals surface area contributed by atoms with Crippen LogP contribution in [0.1, 0.15) is 31.9 Å². The number of rotatable bonds is 7. The largest absolute Gasteiger partial charge is 0.353 e. The average Bonchev–Trinajstić information content (AvgIpc) is 2.94. The van der Waals surface area contributed by atoms with Gasteiger partial charge < -0.3 is 10.2 Å². The Morgan fingerprint density at radius 3 is 2.71 bits per heavy atom. The van der Waals surface area contributed by atoms with Crippen LogP contribution in [0, 0.1) is 0 Å². The van der Waals surface area contributed by atoms with E-state index in [9.17, 15) is 0 Å². The van der Waals surface area contributed by atoms with Crippen LogP contribution < -0.4 is 10.2 Å². The summed E-state index contributed by atoms with van der Waals surface area (Å²) in [5.74, 6) is 0. The van der Waals surface area contributed by atoms with Crippen LogP contribution >= 0.6 is 23.1 Å². The summed E-state index contributed by atoms with van der Waals surface area (Å²) in [7, 11) is 3.97. The summed E-state index contributed by atoms with van der Waals surface area (Å²) in [5, 5.41) is 12.9. The van der Waals surface area contributed by atoms with Crippen molar-refractivity contribution < 1.29 is 0 Å². The van der Waals surface area contributed by atoms with Gasteiger partial charge in [-0.3, -0.25) is 0 Å². The second-order valence-electron chi connectivity index (χ2n) is 5.06. The van der Waals surface area contributed by atoms with E-state index in [-0.39, 0.29) is 0 Å². The average molecular weight is 323 g/mol. The lowest BCUT2D eigenvalue weighted by atomic mass is 10.1. The van der Waals surface area contributed by atoms with Crippen LogP contribution in [-0.4, -0.2) is 30.8 Å². The van der Waals surface area contributed by atoms with E-state index in [1.807, 2.05) is 19.0 Å². The standard InChI is InChI=1S/C15H22N4S2/c1-5-10-16-11(2)12-8-6-7-9-13(12)20-15-18-17-14(21-15)19(3)4/h6-9,11,16H,5,10H2,1-4H3. The molecule has 0 spiro atoms. The van der Waals surface area contributed by atoms with E-state index >= 15 is 0 Å². The molecule has 2 aromatic rings. The number of hydrogen-bond donors (Lipinski definition) is 1. The van der Waals surface area contributed by atoms with Gasteiger partial charge in [0.1, 0.15) is 0 Å². The normalized spacial score (nSPS) is 12.4. The van der Waals surface area contributed by atoms with Crippen molar-refractivity contribution in [3.8, 4) is 0 Å². The van der Waals surface area contributed by atoms with Crippen molar-refractivity contribution in [1.82, 2.24) is 15.5 Å². The van der Waals surface area contributed by atoms with E-state index in [1.165, 1.54) is 10.5 Å². The molecular formula is C15H22N4S2. The van der Waals surface area contributed by atoms with Crippen molar-refractivity contribution in [2.75, 3.05) is 25.5 Å². The van der Waals surface area contributed by atoms with Gasteiger partial charge in [-0.15, -0.1) is 10.2 Å². The van der Waals surface area contributed by atoms with Crippen LogP contribution in [0.15, 0.2) is 33.5 Å². The molecule has 1 N–H and O–H groups in total. The maximum absolute atomic E-state index is 4.26. The maximum Gasteiger partial charge on any atom is 0.208 e. The molecule has 0 amide bonds. The van der Waals surface area contributed by atoms with Crippen LogP contribution in [0.2, 0.25) is 0 Å². The smallest absolute Gasteiger partial charge is 0.208 e. The fraction of sp³-hybridized carbons (Fsp3) is 0.467. The molecule has 0 radical (unpaired) electrons. The summed E-state index contributed by atoms with van der Waals surface area (Å²) in [5.41, 5.74) is 1.32. The van der Waals surface area contributed by atoms with Gasteiger partial charge in [0, 0.05) is 25.0 Å². The number of aromatic nitrogens is 2. The highest BCUT2D eigenvalue weighted by molar-refractivity contribution is 8.01. The quantitative estimate of drug-likeness (QED) is 0.839. The summed E-state index contributed by atoms with van der Waals surface area (Å²) in [6, 6.07) is 8.85. The molecule has 0 aliphatic heterocycles. The summed E-state index contributed by atoms with van der Waals surface area (Å²) >= 11 is 3.31. The molecule has 2 rings (SSSR count). The van der Waals surface area contributed by atoms with Gasteiger partial charge >= 0.3 is 0 Å². The zero-order valence-corrected chi connectivity index (χ0v) is 14.6. The molecule has 0 bridgehead atoms. The zero-order valence-electron chi connectivity index (χ0n) is 13.0. The molecule has 0 saturated carbocycles. The highest BCUT2D eigenvalue weighted by Gasteiger charge is 2.13. The predicted octanol–water partition coefficient (Wildman–Crippen LogP) is 3.82. The molecule has 1 unspecified atom stereocenters. The highest BCUT2D eigenvalue weighted by Crippen LogP contribution is 2.36. The molecule has 1 aromatic heterocycles. The SMILES string of the molecule is CCCNC(C)c1ccccc1Sc1nnc(N(C)C)s1. The first-order valence-corrected chi connectivity index (χ1v) is 8.76. The minimum atomic E-state index is 0.342. The third kappa shape index (κ3) is 4.43. The Morgan fingerprint density at radius 1 is 1.29 bits per heavy atom. The van der Waals surface area contributed by atoms with Crippen molar-refractivity contribution in [1.29, 1.82) is 0 Å². The second kappa shape index (κ2) is 7.77. The Morgan fingerprint density at radius 2 is 2.05 bits per heavy atom. The summed E-state index contributed by atoms with van der Waals surface area (Å²) in [4.78, 5) is 3.23. The lowest BCUT2D eigenvalue weighted by molar-refractivity contribution is 0.564. The second-order valence-corrected chi connectivity index (χ2v) is 7.31. The van der Waals surface area contributed by atoms with Gasteiger partial charge in [0.2, 0.25) is 5.13 Å². The summed E-state index contributed by atoms with van der Waals surface area (Å²) in [6.45, 7) is 5.43. The zero-order chi connectivity index (χ0) is 15.2. The van der Waals surface area contributed by atoms with Gasteiger partial charge in [-0.05, 0) is 31.5 Å². The molecule has 1 aromatic carbocycles. The lowest BCUT2D eigenvalue weighted by Crippen LogP contribution is -2.19. The number of anilines is 1. The summed E-state index contributed by atoms with van der Waals surface area (Å²) < 4.78 is 0.980. The monoisotopic (exact) mass is 322 g/mol. The molecule has 0 fully saturated rings. The third-order valence-electron chi connectivity index (χ3n) is 3.06. The fourth-order valence-corrected chi connectivity index (χ4v) is 3.86. The number of nitrogens with one attached hydrogen (secondary N) is 1. The molecule has 6 heteroatoms. The number of hydrogen-bond acceptors (Lipinski definition) is 6. The first-order chi connectivity index (χ1) is 10.1. The van der Waals surface area contributed by atoms with E-state index in [4.69, 9.17) is 0 Å². The Hall–Kier alpha value is -1.11. The van der Waals surface area contributed by atoms with Crippen molar-refractivity contribution in [3.63, 3.8) is 0 Å². The van der Waals surface area contributed by atoms with E-state index in [2.05, 4.69) is 53.6 Å². The van der Waals surface area contributed by atoms with E-state index in [1.54, 1.807) is 23.1 Å². The minimum absolute atomic E-state index is 0.342. The number of nitrogens with zero attached hydrogens (tertiary/aromatic N) is 3. The number of benzene rings is 1. The van der Waals surface area contributed by atoms with E-state index < -0.39 is 0 Å². The molecule has 0 aliphatic carbocycles. The molecule has 1 atom stereocenters. The lowest BCUT2D eigenvalue weighted by Gasteiger charge is -2.16. The van der Waals surface area contributed by atoms with Crippen molar-refractivity contribution >= 4 is 28.2 Å². The third-order valence-corrected chi connectivity index (χ3v) is 5.30. The van der Waals surface area contributed by atoms with Crippen LogP contribution in [0.25, 0.3) is 0 Å². The van der Waals surface area contributed by atoms with Crippen molar-refractivity contribution in [3.05, 3.63) is 29.8 Å². The minimum Gasteiger partial charge on any atom is -0.353 e. The topological polar surface area (TPSA) is 41.1 Å². The predicted molar refractivity (Wildman–Crippen MR) is 91.5 cm³/mol. The molecule has 0 aliphatic rings. The van der Waals surface area contributed by atoms with Crippen molar-refractivity contribution in [2.45, 2.75) is 35.5 Å².